The number of carbonyl (C=O) groups excluding carboxylic acids is 2. The Labute approximate surface area is 157 Å². The molecular weight excluding hydrogens is 348 g/mol. The molecule has 1 fully saturated rings. The second kappa shape index (κ2) is 8.42. The van der Waals surface area contributed by atoms with Crippen LogP contribution in [0.4, 0.5) is 11.4 Å². The van der Waals surface area contributed by atoms with Gasteiger partial charge >= 0.3 is 0 Å². The predicted molar refractivity (Wildman–Crippen MR) is 104 cm³/mol. The molecule has 26 heavy (non-hydrogen) atoms. The van der Waals surface area contributed by atoms with Gasteiger partial charge in [0.05, 0.1) is 10.7 Å². The summed E-state index contributed by atoms with van der Waals surface area (Å²) >= 11 is 1.68. The maximum absolute atomic E-state index is 12.5. The summed E-state index contributed by atoms with van der Waals surface area (Å²) in [4.78, 5) is 30.4. The van der Waals surface area contributed by atoms with Crippen LogP contribution in [0.15, 0.2) is 29.6 Å². The summed E-state index contributed by atoms with van der Waals surface area (Å²) in [6, 6.07) is 7.19. The lowest BCUT2D eigenvalue weighted by Gasteiger charge is -2.30. The van der Waals surface area contributed by atoms with Gasteiger partial charge in [0.15, 0.2) is 0 Å². The fourth-order valence-electron chi connectivity index (χ4n) is 3.15. The molecule has 0 saturated carbocycles. The highest BCUT2D eigenvalue weighted by molar-refractivity contribution is 7.09. The molecule has 1 aliphatic rings. The third-order valence-corrected chi connectivity index (χ3v) is 5.31. The lowest BCUT2D eigenvalue weighted by atomic mass is 9.95. The minimum atomic E-state index is -0.110. The van der Waals surface area contributed by atoms with E-state index in [-0.39, 0.29) is 17.7 Å². The normalized spacial score (nSPS) is 15.6. The van der Waals surface area contributed by atoms with Gasteiger partial charge in [-0.15, -0.1) is 11.3 Å². The molecule has 1 aromatic heterocycles. The number of piperidine rings is 1. The minimum absolute atomic E-state index is 0.0402. The van der Waals surface area contributed by atoms with E-state index in [4.69, 9.17) is 0 Å². The van der Waals surface area contributed by atoms with Gasteiger partial charge < -0.3 is 10.6 Å². The summed E-state index contributed by atoms with van der Waals surface area (Å²) in [5.74, 6) is 0.00114. The number of rotatable bonds is 5. The van der Waals surface area contributed by atoms with Crippen LogP contribution in [-0.2, 0) is 16.1 Å². The molecule has 2 aromatic rings. The number of aromatic nitrogens is 1. The van der Waals surface area contributed by atoms with Crippen molar-refractivity contribution in [2.45, 2.75) is 33.2 Å². The van der Waals surface area contributed by atoms with Crippen LogP contribution in [0, 0.1) is 12.8 Å². The molecule has 2 N–H and O–H groups in total. The van der Waals surface area contributed by atoms with E-state index < -0.39 is 0 Å². The number of amides is 2. The molecule has 1 aromatic carbocycles. The summed E-state index contributed by atoms with van der Waals surface area (Å²) in [6.07, 6.45) is 1.72. The van der Waals surface area contributed by atoms with Gasteiger partial charge in [-0.1, -0.05) is 0 Å². The first kappa shape index (κ1) is 18.5. The van der Waals surface area contributed by atoms with E-state index in [9.17, 15) is 9.59 Å². The highest BCUT2D eigenvalue weighted by Gasteiger charge is 2.25. The third-order valence-electron chi connectivity index (χ3n) is 4.48. The van der Waals surface area contributed by atoms with Crippen molar-refractivity contribution in [2.24, 2.45) is 5.92 Å². The van der Waals surface area contributed by atoms with Gasteiger partial charge in [0.2, 0.25) is 11.8 Å². The van der Waals surface area contributed by atoms with Crippen LogP contribution >= 0.6 is 11.3 Å². The van der Waals surface area contributed by atoms with Crippen molar-refractivity contribution < 1.29 is 9.59 Å². The monoisotopic (exact) mass is 372 g/mol. The van der Waals surface area contributed by atoms with Crippen molar-refractivity contribution >= 4 is 34.5 Å². The molecule has 6 nitrogen and oxygen atoms in total. The SMILES string of the molecule is CC(=O)Nc1ccc(NC(=O)C2CCN(Cc3csc(C)n3)CC2)cc1. The molecule has 2 heterocycles. The average molecular weight is 372 g/mol. The number of likely N-dealkylation sites (tertiary alicyclic amines) is 1. The largest absolute Gasteiger partial charge is 0.326 e. The zero-order chi connectivity index (χ0) is 18.5. The maximum atomic E-state index is 12.5. The summed E-state index contributed by atoms with van der Waals surface area (Å²) in [6.45, 7) is 6.18. The van der Waals surface area contributed by atoms with E-state index in [1.165, 1.54) is 6.92 Å². The highest BCUT2D eigenvalue weighted by Crippen LogP contribution is 2.22. The van der Waals surface area contributed by atoms with Crippen LogP contribution in [0.25, 0.3) is 0 Å². The van der Waals surface area contributed by atoms with Crippen LogP contribution in [0.2, 0.25) is 0 Å². The molecule has 1 saturated heterocycles. The number of hydrogen-bond donors (Lipinski definition) is 2. The highest BCUT2D eigenvalue weighted by atomic mass is 32.1. The molecule has 7 heteroatoms. The fraction of sp³-hybridized carbons (Fsp3) is 0.421. The molecule has 0 radical (unpaired) electrons. The topological polar surface area (TPSA) is 74.3 Å². The summed E-state index contributed by atoms with van der Waals surface area (Å²) < 4.78 is 0. The van der Waals surface area contributed by atoms with Crippen molar-refractivity contribution in [1.29, 1.82) is 0 Å². The smallest absolute Gasteiger partial charge is 0.227 e. The summed E-state index contributed by atoms with van der Waals surface area (Å²) in [5.41, 5.74) is 2.60. The third kappa shape index (κ3) is 5.12. The molecule has 1 aliphatic heterocycles. The quantitative estimate of drug-likeness (QED) is 0.845. The predicted octanol–water partition coefficient (Wildman–Crippen LogP) is 3.26. The second-order valence-corrected chi connectivity index (χ2v) is 7.72. The molecule has 0 atom stereocenters. The van der Waals surface area contributed by atoms with Crippen molar-refractivity contribution in [2.75, 3.05) is 23.7 Å². The number of nitrogens with zero attached hydrogens (tertiary/aromatic N) is 2. The Hall–Kier alpha value is -2.25. The number of benzene rings is 1. The minimum Gasteiger partial charge on any atom is -0.326 e. The van der Waals surface area contributed by atoms with Crippen LogP contribution in [0.5, 0.6) is 0 Å². The zero-order valence-electron chi connectivity index (χ0n) is 15.1. The first-order valence-corrected chi connectivity index (χ1v) is 9.69. The zero-order valence-corrected chi connectivity index (χ0v) is 15.9. The first-order chi connectivity index (χ1) is 12.5. The van der Waals surface area contributed by atoms with Crippen LogP contribution in [0.3, 0.4) is 0 Å². The van der Waals surface area contributed by atoms with E-state index in [0.29, 0.717) is 0 Å². The fourth-order valence-corrected chi connectivity index (χ4v) is 3.75. The van der Waals surface area contributed by atoms with E-state index in [2.05, 4.69) is 25.9 Å². The Bertz CT molecular complexity index is 764. The van der Waals surface area contributed by atoms with Gasteiger partial charge in [-0.3, -0.25) is 14.5 Å². The summed E-state index contributed by atoms with van der Waals surface area (Å²) in [7, 11) is 0. The van der Waals surface area contributed by atoms with E-state index in [1.54, 1.807) is 23.5 Å². The van der Waals surface area contributed by atoms with Crippen LogP contribution in [0.1, 0.15) is 30.5 Å². The average Bonchev–Trinajstić information content (AvgIpc) is 3.01. The second-order valence-electron chi connectivity index (χ2n) is 6.66. The molecule has 0 unspecified atom stereocenters. The molecule has 138 valence electrons. The molecule has 0 bridgehead atoms. The van der Waals surface area contributed by atoms with Crippen LogP contribution in [-0.4, -0.2) is 34.8 Å². The van der Waals surface area contributed by atoms with Gasteiger partial charge in [0.1, 0.15) is 0 Å². The Morgan fingerprint density at radius 1 is 1.15 bits per heavy atom. The standard InChI is InChI=1S/C19H24N4O2S/c1-13(24)20-16-3-5-17(6-4-16)22-19(25)15-7-9-23(10-8-15)11-18-12-26-14(2)21-18/h3-6,12,15H,7-11H2,1-2H3,(H,20,24)(H,22,25). The number of hydrogen-bond acceptors (Lipinski definition) is 5. The van der Waals surface area contributed by atoms with E-state index >= 15 is 0 Å². The van der Waals surface area contributed by atoms with Gasteiger partial charge in [-0.25, -0.2) is 4.98 Å². The maximum Gasteiger partial charge on any atom is 0.227 e. The Morgan fingerprint density at radius 3 is 2.31 bits per heavy atom. The van der Waals surface area contributed by atoms with Gasteiger partial charge in [0, 0.05) is 36.1 Å². The van der Waals surface area contributed by atoms with E-state index in [0.717, 1.165) is 54.6 Å². The van der Waals surface area contributed by atoms with Crippen molar-refractivity contribution in [3.8, 4) is 0 Å². The van der Waals surface area contributed by atoms with Crippen LogP contribution < -0.4 is 10.6 Å². The Morgan fingerprint density at radius 2 is 1.77 bits per heavy atom. The van der Waals surface area contributed by atoms with E-state index in [1.807, 2.05) is 19.1 Å². The van der Waals surface area contributed by atoms with Gasteiger partial charge in [-0.05, 0) is 57.1 Å². The van der Waals surface area contributed by atoms with Crippen molar-refractivity contribution in [3.05, 3.63) is 40.3 Å². The van der Waals surface area contributed by atoms with Crippen molar-refractivity contribution in [1.82, 2.24) is 9.88 Å². The number of nitrogens with one attached hydrogen (secondary N) is 2. The number of carbonyl (C=O) groups is 2. The van der Waals surface area contributed by atoms with Crippen molar-refractivity contribution in [3.63, 3.8) is 0 Å². The number of anilines is 2. The lowest BCUT2D eigenvalue weighted by Crippen LogP contribution is -2.37. The Balaban J connectivity index is 1.46. The molecule has 2 amide bonds. The lowest BCUT2D eigenvalue weighted by molar-refractivity contribution is -0.121. The number of thiazole rings is 1. The molecule has 3 rings (SSSR count). The first-order valence-electron chi connectivity index (χ1n) is 8.81. The molecular formula is C19H24N4O2S. The van der Waals surface area contributed by atoms with Gasteiger partial charge in [0.25, 0.3) is 0 Å². The van der Waals surface area contributed by atoms with Gasteiger partial charge in [-0.2, -0.15) is 0 Å². The Kier molecular flexibility index (Phi) is 6.00. The molecule has 0 aliphatic carbocycles. The number of aryl methyl sites for hydroxylation is 1. The molecule has 0 spiro atoms. The summed E-state index contributed by atoms with van der Waals surface area (Å²) in [5, 5.41) is 8.90.